The van der Waals surface area contributed by atoms with E-state index in [9.17, 15) is 0 Å². The number of rotatable bonds is 7. The molecule has 0 atom stereocenters. The molecule has 16 heavy (non-hydrogen) atoms. The molecule has 0 aliphatic rings. The maximum atomic E-state index is 8.94. The van der Waals surface area contributed by atoms with Crippen molar-refractivity contribution >= 4 is 15.9 Å². The van der Waals surface area contributed by atoms with Crippen molar-refractivity contribution in [2.24, 2.45) is 0 Å². The third-order valence-corrected chi connectivity index (χ3v) is 2.86. The van der Waals surface area contributed by atoms with Crippen LogP contribution < -0.4 is 4.74 Å². The van der Waals surface area contributed by atoms with E-state index in [1.165, 1.54) is 0 Å². The number of benzene rings is 1. The van der Waals surface area contributed by atoms with E-state index in [1.54, 1.807) is 0 Å². The number of unbranched alkanes of at least 4 members (excludes halogenated alkanes) is 2. The number of aliphatic hydroxyl groups is 2. The Kier molecular flexibility index (Phi) is 6.45. The SMILES string of the molecule is OCCCCCOc1ccc(CO)cc1Br. The number of hydrogen-bond acceptors (Lipinski definition) is 3. The third-order valence-electron chi connectivity index (χ3n) is 2.24. The van der Waals surface area contributed by atoms with Crippen LogP contribution in [-0.2, 0) is 6.61 Å². The summed E-state index contributed by atoms with van der Waals surface area (Å²) < 4.78 is 6.43. The van der Waals surface area contributed by atoms with E-state index in [-0.39, 0.29) is 13.2 Å². The van der Waals surface area contributed by atoms with Gasteiger partial charge in [0.1, 0.15) is 5.75 Å². The van der Waals surface area contributed by atoms with Gasteiger partial charge >= 0.3 is 0 Å². The predicted octanol–water partition coefficient (Wildman–Crippen LogP) is 2.48. The highest BCUT2D eigenvalue weighted by Crippen LogP contribution is 2.26. The Morgan fingerprint density at radius 3 is 2.56 bits per heavy atom. The number of aliphatic hydroxyl groups excluding tert-OH is 2. The van der Waals surface area contributed by atoms with Crippen LogP contribution in [0, 0.1) is 0 Å². The fraction of sp³-hybridized carbons (Fsp3) is 0.500. The van der Waals surface area contributed by atoms with Gasteiger partial charge in [0, 0.05) is 6.61 Å². The molecule has 0 aliphatic carbocycles. The summed E-state index contributed by atoms with van der Waals surface area (Å²) in [6.45, 7) is 0.932. The molecule has 0 heterocycles. The zero-order valence-electron chi connectivity index (χ0n) is 9.16. The fourth-order valence-corrected chi connectivity index (χ4v) is 1.87. The van der Waals surface area contributed by atoms with E-state index in [2.05, 4.69) is 15.9 Å². The van der Waals surface area contributed by atoms with Crippen molar-refractivity contribution in [3.8, 4) is 5.75 Å². The highest BCUT2D eigenvalue weighted by Gasteiger charge is 2.01. The highest BCUT2D eigenvalue weighted by atomic mass is 79.9. The van der Waals surface area contributed by atoms with Crippen LogP contribution >= 0.6 is 15.9 Å². The van der Waals surface area contributed by atoms with Crippen LogP contribution in [0.4, 0.5) is 0 Å². The Balaban J connectivity index is 2.36. The van der Waals surface area contributed by atoms with Crippen molar-refractivity contribution in [1.29, 1.82) is 0 Å². The van der Waals surface area contributed by atoms with Crippen LogP contribution in [0.2, 0.25) is 0 Å². The Hall–Kier alpha value is -0.580. The molecule has 0 bridgehead atoms. The average Bonchev–Trinajstić information content (AvgIpc) is 2.30. The monoisotopic (exact) mass is 288 g/mol. The van der Waals surface area contributed by atoms with Crippen LogP contribution in [-0.4, -0.2) is 23.4 Å². The minimum Gasteiger partial charge on any atom is -0.492 e. The molecule has 2 N–H and O–H groups in total. The molecule has 0 fully saturated rings. The largest absolute Gasteiger partial charge is 0.492 e. The van der Waals surface area contributed by atoms with Gasteiger partial charge in [-0.2, -0.15) is 0 Å². The average molecular weight is 289 g/mol. The molecule has 90 valence electrons. The van der Waals surface area contributed by atoms with Crippen LogP contribution in [0.5, 0.6) is 5.75 Å². The van der Waals surface area contributed by atoms with E-state index in [0.717, 1.165) is 35.0 Å². The van der Waals surface area contributed by atoms with Crippen molar-refractivity contribution in [3.05, 3.63) is 28.2 Å². The first-order valence-electron chi connectivity index (χ1n) is 5.41. The highest BCUT2D eigenvalue weighted by molar-refractivity contribution is 9.10. The van der Waals surface area contributed by atoms with Gasteiger partial charge < -0.3 is 14.9 Å². The second-order valence-corrected chi connectivity index (χ2v) is 4.41. The van der Waals surface area contributed by atoms with E-state index in [4.69, 9.17) is 14.9 Å². The van der Waals surface area contributed by atoms with Crippen LogP contribution in [0.1, 0.15) is 24.8 Å². The quantitative estimate of drug-likeness (QED) is 0.758. The van der Waals surface area contributed by atoms with Crippen molar-refractivity contribution in [2.75, 3.05) is 13.2 Å². The topological polar surface area (TPSA) is 49.7 Å². The molecule has 0 aliphatic heterocycles. The molecular formula is C12H17BrO3. The molecule has 0 radical (unpaired) electrons. The normalized spacial score (nSPS) is 10.4. The molecule has 1 rings (SSSR count). The first kappa shape index (κ1) is 13.5. The number of hydrogen-bond donors (Lipinski definition) is 2. The number of halogens is 1. The standard InChI is InChI=1S/C12H17BrO3/c13-11-8-10(9-15)4-5-12(11)16-7-3-1-2-6-14/h4-5,8,14-15H,1-3,6-7,9H2. The summed E-state index contributed by atoms with van der Waals surface area (Å²) in [5.41, 5.74) is 0.861. The van der Waals surface area contributed by atoms with Crippen molar-refractivity contribution < 1.29 is 14.9 Å². The zero-order valence-corrected chi connectivity index (χ0v) is 10.7. The first-order chi connectivity index (χ1) is 7.77. The van der Waals surface area contributed by atoms with Gasteiger partial charge in [0.25, 0.3) is 0 Å². The smallest absolute Gasteiger partial charge is 0.133 e. The molecule has 3 nitrogen and oxygen atoms in total. The molecule has 0 amide bonds. The molecule has 4 heteroatoms. The van der Waals surface area contributed by atoms with Gasteiger partial charge in [-0.3, -0.25) is 0 Å². The molecule has 0 spiro atoms. The predicted molar refractivity (Wildman–Crippen MR) is 66.5 cm³/mol. The Morgan fingerprint density at radius 1 is 1.12 bits per heavy atom. The zero-order chi connectivity index (χ0) is 11.8. The maximum absolute atomic E-state index is 8.94. The molecule has 0 aromatic heterocycles. The van der Waals surface area contributed by atoms with E-state index >= 15 is 0 Å². The van der Waals surface area contributed by atoms with Gasteiger partial charge in [-0.15, -0.1) is 0 Å². The molecular weight excluding hydrogens is 272 g/mol. The van der Waals surface area contributed by atoms with E-state index < -0.39 is 0 Å². The lowest BCUT2D eigenvalue weighted by Crippen LogP contribution is -1.99. The molecule has 0 unspecified atom stereocenters. The van der Waals surface area contributed by atoms with Gasteiger partial charge in [0.15, 0.2) is 0 Å². The van der Waals surface area contributed by atoms with Crippen molar-refractivity contribution in [1.82, 2.24) is 0 Å². The Labute approximate surface area is 104 Å². The summed E-state index contributed by atoms with van der Waals surface area (Å²) in [6, 6.07) is 5.54. The summed E-state index contributed by atoms with van der Waals surface area (Å²) in [4.78, 5) is 0. The second kappa shape index (κ2) is 7.65. The molecule has 0 saturated heterocycles. The van der Waals surface area contributed by atoms with Gasteiger partial charge in [-0.05, 0) is 52.9 Å². The second-order valence-electron chi connectivity index (χ2n) is 3.56. The van der Waals surface area contributed by atoms with Gasteiger partial charge in [0.2, 0.25) is 0 Å². The summed E-state index contributed by atoms with van der Waals surface area (Å²) in [6.07, 6.45) is 2.74. The summed E-state index contributed by atoms with van der Waals surface area (Å²) in [5, 5.41) is 17.6. The summed E-state index contributed by atoms with van der Waals surface area (Å²) in [7, 11) is 0. The molecule has 1 aromatic rings. The minimum atomic E-state index is 0.0371. The van der Waals surface area contributed by atoms with Gasteiger partial charge in [-0.25, -0.2) is 0 Å². The number of ether oxygens (including phenoxy) is 1. The van der Waals surface area contributed by atoms with Crippen molar-refractivity contribution in [3.63, 3.8) is 0 Å². The van der Waals surface area contributed by atoms with E-state index in [1.807, 2.05) is 18.2 Å². The van der Waals surface area contributed by atoms with Gasteiger partial charge in [-0.1, -0.05) is 6.07 Å². The Bertz CT molecular complexity index is 315. The summed E-state index contributed by atoms with van der Waals surface area (Å²) >= 11 is 3.39. The minimum absolute atomic E-state index is 0.0371. The van der Waals surface area contributed by atoms with Gasteiger partial charge in [0.05, 0.1) is 17.7 Å². The lowest BCUT2D eigenvalue weighted by molar-refractivity contribution is 0.265. The van der Waals surface area contributed by atoms with E-state index in [0.29, 0.717) is 6.61 Å². The molecule has 0 saturated carbocycles. The first-order valence-corrected chi connectivity index (χ1v) is 6.20. The Morgan fingerprint density at radius 2 is 1.94 bits per heavy atom. The summed E-state index contributed by atoms with van der Waals surface area (Å²) in [5.74, 6) is 0.793. The van der Waals surface area contributed by atoms with Crippen LogP contribution in [0.25, 0.3) is 0 Å². The lowest BCUT2D eigenvalue weighted by Gasteiger charge is -2.08. The van der Waals surface area contributed by atoms with Crippen LogP contribution in [0.15, 0.2) is 22.7 Å². The fourth-order valence-electron chi connectivity index (χ4n) is 1.33. The van der Waals surface area contributed by atoms with Crippen molar-refractivity contribution in [2.45, 2.75) is 25.9 Å². The lowest BCUT2D eigenvalue weighted by atomic mass is 10.2. The molecule has 1 aromatic carbocycles. The van der Waals surface area contributed by atoms with Crippen LogP contribution in [0.3, 0.4) is 0 Å². The third kappa shape index (κ3) is 4.51. The maximum Gasteiger partial charge on any atom is 0.133 e.